The van der Waals surface area contributed by atoms with Gasteiger partial charge in [-0.05, 0) is 169 Å². The van der Waals surface area contributed by atoms with Crippen LogP contribution in [0, 0.1) is 43.4 Å². The van der Waals surface area contributed by atoms with Crippen molar-refractivity contribution in [3.8, 4) is 12.1 Å². The molecule has 0 aliphatic carbocycles. The van der Waals surface area contributed by atoms with Crippen molar-refractivity contribution in [3.63, 3.8) is 0 Å². The molecule has 0 aromatic heterocycles. The van der Waals surface area contributed by atoms with E-state index in [1.807, 2.05) is 88.0 Å². The fourth-order valence-electron chi connectivity index (χ4n) is 7.18. The van der Waals surface area contributed by atoms with Crippen LogP contribution in [0.2, 0.25) is 0 Å². The molecule has 0 N–H and O–H groups in total. The minimum atomic E-state index is -3.43. The van der Waals surface area contributed by atoms with Crippen molar-refractivity contribution in [2.45, 2.75) is 65.0 Å². The van der Waals surface area contributed by atoms with Gasteiger partial charge in [0.15, 0.2) is 9.84 Å². The van der Waals surface area contributed by atoms with Crippen LogP contribution in [0.15, 0.2) is 186 Å². The van der Waals surface area contributed by atoms with E-state index in [0.717, 1.165) is 73.1 Å². The van der Waals surface area contributed by atoms with Gasteiger partial charge < -0.3 is 0 Å². The Morgan fingerprint density at radius 1 is 0.619 bits per heavy atom. The summed E-state index contributed by atoms with van der Waals surface area (Å²) in [6.45, 7) is 12.0. The average molecular weight is 943 g/mol. The number of aliphatic imine (C=N–C) groups is 1. The van der Waals surface area contributed by atoms with Crippen LogP contribution >= 0.6 is 39.5 Å². The Balaban J connectivity index is 0.000000156. The van der Waals surface area contributed by atoms with Gasteiger partial charge in [-0.15, -0.1) is 0 Å². The van der Waals surface area contributed by atoms with Crippen molar-refractivity contribution in [1.29, 1.82) is 10.5 Å². The van der Waals surface area contributed by atoms with Crippen LogP contribution in [0.1, 0.15) is 73.7 Å². The summed E-state index contributed by atoms with van der Waals surface area (Å²) in [6.07, 6.45) is 1.85. The summed E-state index contributed by atoms with van der Waals surface area (Å²) in [4.78, 5) is 9.92. The quantitative estimate of drug-likeness (QED) is 0.154. The lowest BCUT2D eigenvalue weighted by atomic mass is 9.94. The molecule has 2 aliphatic heterocycles. The molecule has 9 rings (SSSR count). The van der Waals surface area contributed by atoms with E-state index in [-0.39, 0.29) is 5.88 Å². The first-order valence-electron chi connectivity index (χ1n) is 20.3. The Morgan fingerprint density at radius 2 is 1.10 bits per heavy atom. The zero-order valence-electron chi connectivity index (χ0n) is 35.4. The number of nitrogens with zero attached hydrogens (tertiary/aromatic N) is 3. The molecule has 2 heterocycles. The maximum atomic E-state index is 12.5. The summed E-state index contributed by atoms with van der Waals surface area (Å²) < 4.78 is 26.1. The molecule has 0 spiro atoms. The van der Waals surface area contributed by atoms with E-state index in [1.165, 1.54) is 41.8 Å². The molecule has 0 amide bonds. The third-order valence-electron chi connectivity index (χ3n) is 10.9. The van der Waals surface area contributed by atoms with Gasteiger partial charge >= 0.3 is 0 Å². The van der Waals surface area contributed by atoms with E-state index < -0.39 is 9.84 Å². The maximum Gasteiger partial charge on any atom is 0.198 e. The third kappa shape index (κ3) is 11.0. The van der Waals surface area contributed by atoms with E-state index in [9.17, 15) is 8.42 Å². The Bertz CT molecular complexity index is 3110. The van der Waals surface area contributed by atoms with E-state index in [4.69, 9.17) is 10.5 Å². The third-order valence-corrected chi connectivity index (χ3v) is 15.3. The highest BCUT2D eigenvalue weighted by molar-refractivity contribution is 9.10. The zero-order chi connectivity index (χ0) is 44.7. The monoisotopic (exact) mass is 941 g/mol. The lowest BCUT2D eigenvalue weighted by Gasteiger charge is -2.20. The molecule has 0 bridgehead atoms. The van der Waals surface area contributed by atoms with Gasteiger partial charge in [-0.2, -0.15) is 10.5 Å². The summed E-state index contributed by atoms with van der Waals surface area (Å²) in [7, 11) is -3.43. The Morgan fingerprint density at radius 3 is 1.65 bits per heavy atom. The van der Waals surface area contributed by atoms with E-state index in [0.29, 0.717) is 4.90 Å². The van der Waals surface area contributed by atoms with Crippen LogP contribution in [-0.4, -0.2) is 20.0 Å². The molecule has 312 valence electrons. The molecule has 7 aromatic carbocycles. The van der Waals surface area contributed by atoms with E-state index in [2.05, 4.69) is 119 Å². The fourth-order valence-corrected chi connectivity index (χ4v) is 10.8. The number of benzene rings is 7. The van der Waals surface area contributed by atoms with Crippen LogP contribution in [0.3, 0.4) is 0 Å². The second-order valence-corrected chi connectivity index (χ2v) is 20.5. The van der Waals surface area contributed by atoms with Gasteiger partial charge in [-0.1, -0.05) is 124 Å². The second kappa shape index (κ2) is 20.1. The number of halogens is 1. The van der Waals surface area contributed by atoms with Crippen molar-refractivity contribution in [1.82, 2.24) is 0 Å². The summed E-state index contributed by atoms with van der Waals surface area (Å²) in [5.74, 6) is -0.240. The summed E-state index contributed by atoms with van der Waals surface area (Å²) in [5.41, 5.74) is 14.7. The molecule has 63 heavy (non-hydrogen) atoms. The van der Waals surface area contributed by atoms with Crippen molar-refractivity contribution in [3.05, 3.63) is 223 Å². The Hall–Kier alpha value is -5.94. The van der Waals surface area contributed by atoms with Crippen molar-refractivity contribution < 1.29 is 8.42 Å². The van der Waals surface area contributed by atoms with Gasteiger partial charge in [0.25, 0.3) is 0 Å². The van der Waals surface area contributed by atoms with Gasteiger partial charge in [0.1, 0.15) is 5.88 Å². The number of sulfone groups is 1. The number of nitriles is 2. The molecule has 0 saturated heterocycles. The minimum absolute atomic E-state index is 0.240. The number of aryl methyl sites for hydroxylation is 3. The van der Waals surface area contributed by atoms with Crippen molar-refractivity contribution in [2.75, 3.05) is 5.88 Å². The summed E-state index contributed by atoms with van der Waals surface area (Å²) in [5, 5.41) is 17.6. The van der Waals surface area contributed by atoms with Crippen LogP contribution in [0.4, 0.5) is 0 Å². The standard InChI is InChI=1S/C23H21NO2S2.C23H17NS.C8H6BrN/c1-16-7-10-21(11-8-16)28(25,26)15-24-17(2)18-9-12-23-20(13-18)14-19-5-3-4-6-22(19)27-23;1-15-11-17(7-8-20(15)14-24)16(2)18-9-10-23-21(12-18)13-19-5-3-4-6-22(19)25-23;1-6-4-8(9)3-2-7(6)5-10/h3-13H,14-15H2,1-2H3;3-12H,2,13H2,1H3;2-4H,1H3. The normalized spacial score (nSPS) is 12.3. The largest absolute Gasteiger partial charge is 0.273 e. The fraction of sp³-hybridized carbons (Fsp3) is 0.130. The summed E-state index contributed by atoms with van der Waals surface area (Å²) in [6, 6.07) is 52.6. The number of fused-ring (bicyclic) bond motifs is 4. The Kier molecular flexibility index (Phi) is 14.4. The molecule has 0 fully saturated rings. The number of rotatable bonds is 6. The predicted octanol–water partition coefficient (Wildman–Crippen LogP) is 13.9. The highest BCUT2D eigenvalue weighted by Crippen LogP contribution is 2.41. The molecule has 9 heteroatoms. The number of hydrogen-bond donors (Lipinski definition) is 0. The first kappa shape index (κ1) is 45.1. The zero-order valence-corrected chi connectivity index (χ0v) is 39.5. The second-order valence-electron chi connectivity index (χ2n) is 15.4. The van der Waals surface area contributed by atoms with E-state index >= 15 is 0 Å². The molecule has 0 atom stereocenters. The SMILES string of the molecule is C=C(c1ccc(C#N)c(C)c1)c1ccc2c(c1)Cc1ccccc1S2.CC(=NCS(=O)(=O)c1ccc(C)cc1)c1ccc2c(c1)Cc1ccccc1S2.Cc1cc(Br)ccc1C#N. The van der Waals surface area contributed by atoms with Gasteiger partial charge in [-0.25, -0.2) is 8.42 Å². The Labute approximate surface area is 388 Å². The lowest BCUT2D eigenvalue weighted by Crippen LogP contribution is -2.08. The smallest absolute Gasteiger partial charge is 0.198 e. The first-order valence-corrected chi connectivity index (χ1v) is 24.3. The molecular formula is C54H44BrN3O2S3. The highest BCUT2D eigenvalue weighted by Gasteiger charge is 2.19. The molecule has 0 radical (unpaired) electrons. The van der Waals surface area contributed by atoms with Crippen LogP contribution in [-0.2, 0) is 22.7 Å². The van der Waals surface area contributed by atoms with Gasteiger partial charge in [-0.3, -0.25) is 4.99 Å². The van der Waals surface area contributed by atoms with Crippen molar-refractivity contribution in [2.24, 2.45) is 4.99 Å². The van der Waals surface area contributed by atoms with Crippen LogP contribution in [0.25, 0.3) is 5.57 Å². The summed E-state index contributed by atoms with van der Waals surface area (Å²) >= 11 is 6.94. The van der Waals surface area contributed by atoms with Gasteiger partial charge in [0.2, 0.25) is 0 Å². The molecule has 7 aromatic rings. The van der Waals surface area contributed by atoms with E-state index in [1.54, 1.807) is 30.0 Å². The van der Waals surface area contributed by atoms with Crippen LogP contribution in [0.5, 0.6) is 0 Å². The topological polar surface area (TPSA) is 94.1 Å². The lowest BCUT2D eigenvalue weighted by molar-refractivity contribution is 0.596. The predicted molar refractivity (Wildman–Crippen MR) is 263 cm³/mol. The molecule has 5 nitrogen and oxygen atoms in total. The number of hydrogen-bond acceptors (Lipinski definition) is 7. The highest BCUT2D eigenvalue weighted by atomic mass is 79.9. The average Bonchev–Trinajstić information content (AvgIpc) is 3.29. The van der Waals surface area contributed by atoms with Gasteiger partial charge in [0.05, 0.1) is 28.2 Å². The first-order chi connectivity index (χ1) is 30.3. The minimum Gasteiger partial charge on any atom is -0.273 e. The molecule has 0 unspecified atom stereocenters. The molecular weight excluding hydrogens is 899 g/mol. The van der Waals surface area contributed by atoms with Crippen molar-refractivity contribution >= 4 is 60.6 Å². The maximum absolute atomic E-state index is 12.5. The van der Waals surface area contributed by atoms with Gasteiger partial charge in [0, 0.05) is 29.8 Å². The molecule has 0 saturated carbocycles. The molecule has 2 aliphatic rings. The van der Waals surface area contributed by atoms with Crippen LogP contribution < -0.4 is 0 Å².